The van der Waals surface area contributed by atoms with Gasteiger partial charge in [0.15, 0.2) is 11.0 Å². The zero-order valence-electron chi connectivity index (χ0n) is 16.5. The number of rotatable bonds is 8. The van der Waals surface area contributed by atoms with Crippen LogP contribution in [-0.4, -0.2) is 42.0 Å². The number of aliphatic imine (C=N–C) groups is 1. The largest absolute Gasteiger partial charge is 0.490 e. The zero-order chi connectivity index (χ0) is 20.9. The second-order valence-electron chi connectivity index (χ2n) is 6.96. The van der Waals surface area contributed by atoms with E-state index in [0.717, 1.165) is 5.75 Å². The summed E-state index contributed by atoms with van der Waals surface area (Å²) in [5.41, 5.74) is 6.63. The summed E-state index contributed by atoms with van der Waals surface area (Å²) < 4.78 is 24.9. The number of thioether (sulfide) groups is 1. The maximum atomic E-state index is 14.5. The highest BCUT2D eigenvalue weighted by molar-refractivity contribution is 8.13. The summed E-state index contributed by atoms with van der Waals surface area (Å²) >= 11 is 1.47. The molecule has 0 spiro atoms. The molecular formula is C22H28FN3O3S. The lowest BCUT2D eigenvalue weighted by atomic mass is 9.87. The fourth-order valence-corrected chi connectivity index (χ4v) is 4.10. The minimum absolute atomic E-state index is 0. The van der Waals surface area contributed by atoms with Crippen molar-refractivity contribution in [1.82, 2.24) is 4.98 Å². The van der Waals surface area contributed by atoms with E-state index in [-0.39, 0.29) is 25.4 Å². The molecule has 8 heteroatoms. The van der Waals surface area contributed by atoms with Gasteiger partial charge in [-0.3, -0.25) is 9.79 Å². The van der Waals surface area contributed by atoms with Gasteiger partial charge in [-0.05, 0) is 43.2 Å². The van der Waals surface area contributed by atoms with Crippen molar-refractivity contribution in [2.45, 2.75) is 32.7 Å². The topological polar surface area (TPSA) is 86.8 Å². The first-order chi connectivity index (χ1) is 13.9. The van der Waals surface area contributed by atoms with Crippen molar-refractivity contribution in [1.29, 1.82) is 0 Å². The number of carbonyl (C=O) groups is 1. The number of nitrogens with zero attached hydrogens (tertiary/aromatic N) is 2. The molecule has 162 valence electrons. The Balaban J connectivity index is 0.00000320. The Labute approximate surface area is 181 Å². The molecule has 2 heterocycles. The summed E-state index contributed by atoms with van der Waals surface area (Å²) in [5, 5.41) is 0.455. The normalized spacial score (nSPS) is 18.3. The van der Waals surface area contributed by atoms with Crippen LogP contribution in [0, 0.1) is 5.82 Å². The smallest absolute Gasteiger partial charge is 0.185 e. The maximum Gasteiger partial charge on any atom is 0.185 e. The average Bonchev–Trinajstić information content (AvgIpc) is 2.70. The minimum atomic E-state index is -0.724. The summed E-state index contributed by atoms with van der Waals surface area (Å²) in [6, 6.07) is 8.04. The Hall–Kier alpha value is -2.45. The molecular weight excluding hydrogens is 405 g/mol. The number of carbonyl (C=O) groups excluding carboxylic acids is 1. The van der Waals surface area contributed by atoms with Crippen LogP contribution in [0.1, 0.15) is 42.4 Å². The summed E-state index contributed by atoms with van der Waals surface area (Å²) in [6.45, 7) is 2.75. The van der Waals surface area contributed by atoms with E-state index in [4.69, 9.17) is 15.2 Å². The van der Waals surface area contributed by atoms with E-state index >= 15 is 0 Å². The van der Waals surface area contributed by atoms with Crippen molar-refractivity contribution in [2.24, 2.45) is 10.7 Å². The number of hydrogen-bond donors (Lipinski definition) is 1. The quantitative estimate of drug-likeness (QED) is 0.501. The van der Waals surface area contributed by atoms with Gasteiger partial charge in [0.05, 0.1) is 18.3 Å². The van der Waals surface area contributed by atoms with Gasteiger partial charge in [0.25, 0.3) is 0 Å². The van der Waals surface area contributed by atoms with Crippen molar-refractivity contribution >= 4 is 22.7 Å². The molecule has 2 N–H and O–H groups in total. The number of ether oxygens (including phenoxy) is 2. The zero-order valence-corrected chi connectivity index (χ0v) is 17.3. The number of benzene rings is 1. The first-order valence-electron chi connectivity index (χ1n) is 9.29. The van der Waals surface area contributed by atoms with Gasteiger partial charge in [-0.2, -0.15) is 0 Å². The van der Waals surface area contributed by atoms with Crippen LogP contribution in [-0.2, 0) is 16.7 Å². The summed E-state index contributed by atoms with van der Waals surface area (Å²) in [5.74, 6) is 0.847. The molecule has 1 aromatic heterocycles. The van der Waals surface area contributed by atoms with Gasteiger partial charge in [0, 0.05) is 24.8 Å². The summed E-state index contributed by atoms with van der Waals surface area (Å²) in [6.07, 6.45) is 2.31. The monoisotopic (exact) mass is 433 g/mol. The third kappa shape index (κ3) is 5.79. The van der Waals surface area contributed by atoms with Gasteiger partial charge >= 0.3 is 0 Å². The van der Waals surface area contributed by atoms with E-state index < -0.39 is 5.54 Å². The Morgan fingerprint density at radius 2 is 2.10 bits per heavy atom. The molecule has 30 heavy (non-hydrogen) atoms. The van der Waals surface area contributed by atoms with Crippen LogP contribution >= 0.6 is 11.8 Å². The second kappa shape index (κ2) is 10.5. The number of pyridine rings is 1. The van der Waals surface area contributed by atoms with Crippen LogP contribution in [0.25, 0.3) is 0 Å². The molecule has 0 saturated heterocycles. The van der Waals surface area contributed by atoms with E-state index in [1.54, 1.807) is 31.4 Å². The van der Waals surface area contributed by atoms with E-state index in [1.165, 1.54) is 24.0 Å². The number of amidine groups is 1. The Bertz CT molecular complexity index is 905. The van der Waals surface area contributed by atoms with Gasteiger partial charge in [0.1, 0.15) is 23.9 Å². The number of halogens is 1. The number of Topliss-reactive ketones (excluding diaryl/α,β-unsaturated/α-hetero) is 1. The molecule has 1 aliphatic heterocycles. The van der Waals surface area contributed by atoms with Crippen molar-refractivity contribution in [3.8, 4) is 5.75 Å². The van der Waals surface area contributed by atoms with Crippen molar-refractivity contribution < 1.29 is 18.7 Å². The van der Waals surface area contributed by atoms with Crippen LogP contribution in [0.3, 0.4) is 0 Å². The van der Waals surface area contributed by atoms with Gasteiger partial charge < -0.3 is 15.2 Å². The predicted molar refractivity (Wildman–Crippen MR) is 119 cm³/mol. The third-order valence-electron chi connectivity index (χ3n) is 4.75. The molecule has 0 saturated carbocycles. The number of methoxy groups -OCH3 is 1. The molecule has 2 aromatic rings. The highest BCUT2D eigenvalue weighted by Crippen LogP contribution is 2.36. The number of aromatic nitrogens is 1. The van der Waals surface area contributed by atoms with E-state index in [0.29, 0.717) is 47.4 Å². The first kappa shape index (κ1) is 23.8. The van der Waals surface area contributed by atoms with Crippen molar-refractivity contribution in [3.05, 3.63) is 59.2 Å². The Morgan fingerprint density at radius 1 is 1.30 bits per heavy atom. The highest BCUT2D eigenvalue weighted by atomic mass is 32.2. The Kier molecular flexibility index (Phi) is 8.37. The molecule has 0 radical (unpaired) electrons. The third-order valence-corrected chi connectivity index (χ3v) is 5.54. The molecule has 0 fully saturated rings. The maximum absolute atomic E-state index is 14.5. The predicted octanol–water partition coefficient (Wildman–Crippen LogP) is 3.97. The molecule has 1 aliphatic rings. The molecule has 0 unspecified atom stereocenters. The van der Waals surface area contributed by atoms with Gasteiger partial charge in [-0.1, -0.05) is 25.3 Å². The second-order valence-corrected chi connectivity index (χ2v) is 8.07. The Morgan fingerprint density at radius 3 is 2.77 bits per heavy atom. The molecule has 1 atom stereocenters. The fourth-order valence-electron chi connectivity index (χ4n) is 3.13. The minimum Gasteiger partial charge on any atom is -0.490 e. The first-order valence-corrected chi connectivity index (χ1v) is 10.3. The van der Waals surface area contributed by atoms with E-state index in [9.17, 15) is 9.18 Å². The lowest BCUT2D eigenvalue weighted by molar-refractivity contribution is 0.0988. The SMILES string of the molecule is C.COCCOc1ccc(C(=O)Cc2ccc(F)c([C@]3(C)CCSC(N)=N3)c2)nc1. The van der Waals surface area contributed by atoms with E-state index in [1.807, 2.05) is 6.92 Å². The summed E-state index contributed by atoms with van der Waals surface area (Å²) in [4.78, 5) is 21.3. The highest BCUT2D eigenvalue weighted by Gasteiger charge is 2.32. The molecule has 3 rings (SSSR count). The molecule has 0 aliphatic carbocycles. The number of ketones is 1. The van der Waals surface area contributed by atoms with Crippen LogP contribution in [0.5, 0.6) is 5.75 Å². The van der Waals surface area contributed by atoms with Gasteiger partial charge in [-0.15, -0.1) is 0 Å². The summed E-state index contributed by atoms with van der Waals surface area (Å²) in [7, 11) is 1.60. The van der Waals surface area contributed by atoms with Crippen LogP contribution in [0.4, 0.5) is 4.39 Å². The van der Waals surface area contributed by atoms with Crippen LogP contribution in [0.15, 0.2) is 41.5 Å². The molecule has 6 nitrogen and oxygen atoms in total. The van der Waals surface area contributed by atoms with Gasteiger partial charge in [0.2, 0.25) is 0 Å². The average molecular weight is 434 g/mol. The molecule has 0 amide bonds. The number of hydrogen-bond acceptors (Lipinski definition) is 7. The molecule has 1 aromatic carbocycles. The standard InChI is InChI=1S/C21H24FN3O3S.CH4/c1-21(7-10-29-20(23)25-21)16-11-14(3-5-17(16)22)12-19(26)18-6-4-15(13-24-18)28-9-8-27-2;/h3-6,11,13H,7-10,12H2,1-2H3,(H2,23,25);1H4/t21-;/m0./s1. The molecule has 0 bridgehead atoms. The fraction of sp³-hybridized carbons (Fsp3) is 0.409. The van der Waals surface area contributed by atoms with Crippen molar-refractivity contribution in [3.63, 3.8) is 0 Å². The van der Waals surface area contributed by atoms with Crippen LogP contribution in [0.2, 0.25) is 0 Å². The van der Waals surface area contributed by atoms with Gasteiger partial charge in [-0.25, -0.2) is 9.37 Å². The number of nitrogens with two attached hydrogens (primary N) is 1. The lowest BCUT2D eigenvalue weighted by Gasteiger charge is -2.30. The van der Waals surface area contributed by atoms with E-state index in [2.05, 4.69) is 9.98 Å². The lowest BCUT2D eigenvalue weighted by Crippen LogP contribution is -2.29. The van der Waals surface area contributed by atoms with Crippen molar-refractivity contribution in [2.75, 3.05) is 26.1 Å². The van der Waals surface area contributed by atoms with Crippen LogP contribution < -0.4 is 10.5 Å².